The van der Waals surface area contributed by atoms with Crippen LogP contribution in [0.15, 0.2) is 35.4 Å². The summed E-state index contributed by atoms with van der Waals surface area (Å²) in [5.41, 5.74) is 1.37. The third-order valence-corrected chi connectivity index (χ3v) is 5.74. The number of likely N-dealkylation sites (N-methyl/N-ethyl adjacent to an activating group) is 1. The number of aromatic nitrogens is 2. The number of rotatable bonds is 7. The van der Waals surface area contributed by atoms with Crippen LogP contribution in [-0.4, -0.2) is 43.7 Å². The van der Waals surface area contributed by atoms with Crippen LogP contribution in [0, 0.1) is 6.92 Å². The summed E-state index contributed by atoms with van der Waals surface area (Å²) >= 11 is 6.26. The Morgan fingerprint density at radius 1 is 1.33 bits per heavy atom. The quantitative estimate of drug-likeness (QED) is 0.812. The van der Waals surface area contributed by atoms with Gasteiger partial charge in [-0.3, -0.25) is 4.68 Å². The molecule has 0 saturated heterocycles. The summed E-state index contributed by atoms with van der Waals surface area (Å²) in [5.74, 6) is 0. The minimum absolute atomic E-state index is 0.171. The van der Waals surface area contributed by atoms with Crippen molar-refractivity contribution in [2.45, 2.75) is 31.3 Å². The number of benzene rings is 1. The van der Waals surface area contributed by atoms with E-state index in [-0.39, 0.29) is 17.5 Å². The lowest BCUT2D eigenvalue weighted by Gasteiger charge is -2.25. The third-order valence-electron chi connectivity index (χ3n) is 3.87. The number of hydrogen-bond acceptors (Lipinski definition) is 4. The van der Waals surface area contributed by atoms with E-state index in [1.54, 1.807) is 23.9 Å². The zero-order valence-electron chi connectivity index (χ0n) is 14.3. The van der Waals surface area contributed by atoms with Crippen LogP contribution in [-0.2, 0) is 16.6 Å². The minimum atomic E-state index is -3.63. The van der Waals surface area contributed by atoms with E-state index in [4.69, 9.17) is 11.6 Å². The average molecular weight is 371 g/mol. The lowest BCUT2D eigenvalue weighted by atomic mass is 10.1. The lowest BCUT2D eigenvalue weighted by molar-refractivity contribution is 0.299. The van der Waals surface area contributed by atoms with Crippen molar-refractivity contribution in [3.63, 3.8) is 0 Å². The van der Waals surface area contributed by atoms with E-state index in [9.17, 15) is 8.42 Å². The van der Waals surface area contributed by atoms with Gasteiger partial charge in [-0.2, -0.15) is 5.10 Å². The Hall–Kier alpha value is -1.41. The van der Waals surface area contributed by atoms with E-state index in [0.717, 1.165) is 5.56 Å². The summed E-state index contributed by atoms with van der Waals surface area (Å²) < 4.78 is 29.5. The molecule has 8 heteroatoms. The van der Waals surface area contributed by atoms with Crippen LogP contribution < -0.4 is 4.72 Å². The molecule has 1 aromatic carbocycles. The normalized spacial score (nSPS) is 13.4. The molecule has 0 aliphatic rings. The van der Waals surface area contributed by atoms with Gasteiger partial charge in [0.1, 0.15) is 4.90 Å². The summed E-state index contributed by atoms with van der Waals surface area (Å²) in [6.07, 6.45) is 1.55. The molecule has 2 aromatic rings. The second-order valence-electron chi connectivity index (χ2n) is 5.79. The molecule has 0 unspecified atom stereocenters. The Bertz CT molecular complexity index is 802. The summed E-state index contributed by atoms with van der Waals surface area (Å²) in [6.45, 7) is 4.44. The second kappa shape index (κ2) is 7.65. The summed E-state index contributed by atoms with van der Waals surface area (Å²) in [5, 5.41) is 4.81. The topological polar surface area (TPSA) is 67.2 Å². The number of nitrogens with one attached hydrogen (secondary N) is 1. The van der Waals surface area contributed by atoms with E-state index in [2.05, 4.69) is 9.82 Å². The van der Waals surface area contributed by atoms with Gasteiger partial charge in [-0.05, 0) is 39.6 Å². The molecule has 0 radical (unpaired) electrons. The molecule has 1 aromatic heterocycles. The van der Waals surface area contributed by atoms with Crippen molar-refractivity contribution in [2.75, 3.05) is 20.6 Å². The van der Waals surface area contributed by atoms with Gasteiger partial charge in [0.25, 0.3) is 0 Å². The van der Waals surface area contributed by atoms with Crippen molar-refractivity contribution in [2.24, 2.45) is 0 Å². The maximum absolute atomic E-state index is 12.6. The number of halogens is 1. The predicted octanol–water partition coefficient (Wildman–Crippen LogP) is 2.45. The molecule has 0 bridgehead atoms. The molecule has 0 saturated carbocycles. The number of aryl methyl sites for hydroxylation is 2. The highest BCUT2D eigenvalue weighted by Gasteiger charge is 2.24. The van der Waals surface area contributed by atoms with Crippen molar-refractivity contribution >= 4 is 21.6 Å². The predicted molar refractivity (Wildman–Crippen MR) is 95.7 cm³/mol. The standard InChI is InChI=1S/C16H23ClN4O2S/c1-5-21-11-16(12(2)19-21)24(22,23)18-10-15(20(3)4)13-8-6-7-9-14(13)17/h6-9,11,15,18H,5,10H2,1-4H3/t15-/m0/s1. The molecule has 0 aliphatic carbocycles. The van der Waals surface area contributed by atoms with Crippen molar-refractivity contribution in [3.05, 3.63) is 46.7 Å². The first-order chi connectivity index (χ1) is 11.3. The van der Waals surface area contributed by atoms with Crippen LogP contribution in [0.3, 0.4) is 0 Å². The second-order valence-corrected chi connectivity index (χ2v) is 7.93. The van der Waals surface area contributed by atoms with Crippen molar-refractivity contribution < 1.29 is 8.42 Å². The maximum Gasteiger partial charge on any atom is 0.244 e. The molecular formula is C16H23ClN4O2S. The maximum atomic E-state index is 12.6. The highest BCUT2D eigenvalue weighted by atomic mass is 35.5. The van der Waals surface area contributed by atoms with Crippen molar-refractivity contribution in [1.82, 2.24) is 19.4 Å². The van der Waals surface area contributed by atoms with Gasteiger partial charge in [0.05, 0.1) is 5.69 Å². The Balaban J connectivity index is 2.22. The zero-order valence-corrected chi connectivity index (χ0v) is 15.9. The number of hydrogen-bond donors (Lipinski definition) is 1. The SMILES string of the molecule is CCn1cc(S(=O)(=O)NC[C@@H](c2ccccc2Cl)N(C)C)c(C)n1. The van der Waals surface area contributed by atoms with Gasteiger partial charge in [-0.25, -0.2) is 13.1 Å². The lowest BCUT2D eigenvalue weighted by Crippen LogP contribution is -2.34. The monoisotopic (exact) mass is 370 g/mol. The van der Waals surface area contributed by atoms with E-state index >= 15 is 0 Å². The summed E-state index contributed by atoms with van der Waals surface area (Å²) in [6, 6.07) is 7.28. The first-order valence-electron chi connectivity index (χ1n) is 7.70. The smallest absolute Gasteiger partial charge is 0.244 e. The van der Waals surface area contributed by atoms with Crippen LogP contribution in [0.25, 0.3) is 0 Å². The van der Waals surface area contributed by atoms with Crippen LogP contribution in [0.5, 0.6) is 0 Å². The average Bonchev–Trinajstić information content (AvgIpc) is 2.91. The highest BCUT2D eigenvalue weighted by molar-refractivity contribution is 7.89. The Labute approximate surface area is 148 Å². The van der Waals surface area contributed by atoms with E-state index in [1.165, 1.54) is 0 Å². The molecule has 1 atom stereocenters. The molecule has 6 nitrogen and oxygen atoms in total. The number of sulfonamides is 1. The fraction of sp³-hybridized carbons (Fsp3) is 0.438. The molecule has 0 fully saturated rings. The van der Waals surface area contributed by atoms with Gasteiger partial charge in [-0.1, -0.05) is 29.8 Å². The minimum Gasteiger partial charge on any atom is -0.301 e. The van der Waals surface area contributed by atoms with Gasteiger partial charge in [-0.15, -0.1) is 0 Å². The molecule has 132 valence electrons. The van der Waals surface area contributed by atoms with Gasteiger partial charge < -0.3 is 4.90 Å². The molecule has 1 N–H and O–H groups in total. The van der Waals surface area contributed by atoms with Crippen LogP contribution in [0.1, 0.15) is 24.2 Å². The highest BCUT2D eigenvalue weighted by Crippen LogP contribution is 2.26. The van der Waals surface area contributed by atoms with Crippen molar-refractivity contribution in [1.29, 1.82) is 0 Å². The van der Waals surface area contributed by atoms with E-state index < -0.39 is 10.0 Å². The largest absolute Gasteiger partial charge is 0.301 e. The van der Waals surface area contributed by atoms with Gasteiger partial charge in [0.15, 0.2) is 0 Å². The Kier molecular flexibility index (Phi) is 6.03. The van der Waals surface area contributed by atoms with Crippen LogP contribution in [0.4, 0.5) is 0 Å². The van der Waals surface area contributed by atoms with E-state index in [1.807, 2.05) is 44.1 Å². The zero-order chi connectivity index (χ0) is 17.9. The molecule has 24 heavy (non-hydrogen) atoms. The molecule has 0 aliphatic heterocycles. The number of nitrogens with zero attached hydrogens (tertiary/aromatic N) is 3. The Morgan fingerprint density at radius 3 is 2.54 bits per heavy atom. The molecule has 2 rings (SSSR count). The fourth-order valence-electron chi connectivity index (χ4n) is 2.51. The first kappa shape index (κ1) is 18.9. The summed E-state index contributed by atoms with van der Waals surface area (Å²) in [4.78, 5) is 2.15. The third kappa shape index (κ3) is 4.16. The summed E-state index contributed by atoms with van der Waals surface area (Å²) in [7, 11) is 0.150. The first-order valence-corrected chi connectivity index (χ1v) is 9.57. The Morgan fingerprint density at radius 2 is 2.00 bits per heavy atom. The van der Waals surface area contributed by atoms with Gasteiger partial charge in [0, 0.05) is 30.4 Å². The van der Waals surface area contributed by atoms with Crippen molar-refractivity contribution in [3.8, 4) is 0 Å². The fourth-order valence-corrected chi connectivity index (χ4v) is 3.99. The van der Waals surface area contributed by atoms with Gasteiger partial charge in [0.2, 0.25) is 10.0 Å². The molecule has 0 spiro atoms. The van der Waals surface area contributed by atoms with Crippen LogP contribution in [0.2, 0.25) is 5.02 Å². The molecular weight excluding hydrogens is 348 g/mol. The van der Waals surface area contributed by atoms with E-state index in [0.29, 0.717) is 17.3 Å². The molecule has 0 amide bonds. The van der Waals surface area contributed by atoms with Gasteiger partial charge >= 0.3 is 0 Å². The van der Waals surface area contributed by atoms with Crippen LogP contribution >= 0.6 is 11.6 Å². The molecule has 1 heterocycles.